The zero-order valence-corrected chi connectivity index (χ0v) is 5.97. The molecule has 0 amide bonds. The Morgan fingerprint density at radius 1 is 1.73 bits per heavy atom. The molecular formula is C6H9N3O2. The number of azide groups is 1. The van der Waals surface area contributed by atoms with Gasteiger partial charge in [0.1, 0.15) is 6.10 Å². The maximum Gasteiger partial charge on any atom is 0.161 e. The minimum atomic E-state index is -1.07. The minimum Gasteiger partial charge on any atom is -0.385 e. The summed E-state index contributed by atoms with van der Waals surface area (Å²) in [6.07, 6.45) is 0.648. The van der Waals surface area contributed by atoms with Gasteiger partial charge in [-0.3, -0.25) is 4.79 Å². The van der Waals surface area contributed by atoms with E-state index < -0.39 is 12.1 Å². The lowest BCUT2D eigenvalue weighted by Crippen LogP contribution is -2.36. The Balaban J connectivity index is 2.65. The number of aliphatic hydroxyl groups excluding tert-OH is 1. The summed E-state index contributed by atoms with van der Waals surface area (Å²) in [5.74, 6) is -0.214. The number of carbonyl (C=O) groups is 1. The van der Waals surface area contributed by atoms with Gasteiger partial charge in [-0.15, -0.1) is 0 Å². The molecule has 0 bridgehead atoms. The lowest BCUT2D eigenvalue weighted by molar-refractivity contribution is -0.130. The summed E-state index contributed by atoms with van der Waals surface area (Å²) in [5.41, 5.74) is 8.06. The normalized spacial score (nSPS) is 31.2. The molecule has 0 spiro atoms. The van der Waals surface area contributed by atoms with E-state index in [9.17, 15) is 4.79 Å². The molecule has 0 radical (unpaired) electrons. The molecule has 1 aliphatic rings. The molecule has 0 aromatic rings. The molecule has 5 nitrogen and oxygen atoms in total. The van der Waals surface area contributed by atoms with Crippen molar-refractivity contribution in [2.45, 2.75) is 31.4 Å². The Hall–Kier alpha value is -1.06. The Bertz CT molecular complexity index is 210. The fraction of sp³-hybridized carbons (Fsp3) is 0.833. The first-order valence-electron chi connectivity index (χ1n) is 3.50. The third-order valence-corrected chi connectivity index (χ3v) is 1.82. The number of ketones is 1. The number of hydrogen-bond acceptors (Lipinski definition) is 3. The van der Waals surface area contributed by atoms with Crippen molar-refractivity contribution in [3.63, 3.8) is 0 Å². The molecule has 0 saturated heterocycles. The SMILES string of the molecule is [N-]=[N+]=N[C@@H]1CCCC(=O)[C@@H]1O. The lowest BCUT2D eigenvalue weighted by atomic mass is 9.92. The van der Waals surface area contributed by atoms with E-state index in [4.69, 9.17) is 10.6 Å². The van der Waals surface area contributed by atoms with E-state index in [0.29, 0.717) is 19.3 Å². The van der Waals surface area contributed by atoms with Crippen LogP contribution < -0.4 is 0 Å². The molecule has 5 heteroatoms. The van der Waals surface area contributed by atoms with Crippen LogP contribution in [-0.4, -0.2) is 23.0 Å². The van der Waals surface area contributed by atoms with Crippen molar-refractivity contribution in [2.75, 3.05) is 0 Å². The Labute approximate surface area is 63.6 Å². The van der Waals surface area contributed by atoms with Crippen LogP contribution >= 0.6 is 0 Å². The quantitative estimate of drug-likeness (QED) is 0.344. The zero-order chi connectivity index (χ0) is 8.27. The number of Topliss-reactive ketones (excluding diaryl/α,β-unsaturated/α-hetero) is 1. The number of hydrogen-bond donors (Lipinski definition) is 1. The number of rotatable bonds is 1. The van der Waals surface area contributed by atoms with Gasteiger partial charge < -0.3 is 5.11 Å². The summed E-state index contributed by atoms with van der Waals surface area (Å²) >= 11 is 0. The largest absolute Gasteiger partial charge is 0.385 e. The number of aliphatic hydroxyl groups is 1. The van der Waals surface area contributed by atoms with E-state index in [-0.39, 0.29) is 5.78 Å². The highest BCUT2D eigenvalue weighted by atomic mass is 16.3. The predicted molar refractivity (Wildman–Crippen MR) is 37.8 cm³/mol. The Morgan fingerprint density at radius 3 is 3.09 bits per heavy atom. The summed E-state index contributed by atoms with van der Waals surface area (Å²) in [7, 11) is 0. The van der Waals surface area contributed by atoms with Crippen molar-refractivity contribution in [3.8, 4) is 0 Å². The first-order valence-corrected chi connectivity index (χ1v) is 3.50. The molecule has 1 fully saturated rings. The van der Waals surface area contributed by atoms with E-state index in [2.05, 4.69) is 10.0 Å². The predicted octanol–water partition coefficient (Wildman–Crippen LogP) is 0.779. The summed E-state index contributed by atoms with van der Waals surface area (Å²) in [6.45, 7) is 0. The molecule has 1 rings (SSSR count). The van der Waals surface area contributed by atoms with Gasteiger partial charge in [0.15, 0.2) is 5.78 Å². The summed E-state index contributed by atoms with van der Waals surface area (Å²) in [6, 6.07) is -0.541. The van der Waals surface area contributed by atoms with E-state index in [1.54, 1.807) is 0 Å². The molecule has 0 unspecified atom stereocenters. The summed E-state index contributed by atoms with van der Waals surface area (Å²) < 4.78 is 0. The van der Waals surface area contributed by atoms with Gasteiger partial charge in [0.2, 0.25) is 0 Å². The molecular weight excluding hydrogens is 146 g/mol. The van der Waals surface area contributed by atoms with Crippen LogP contribution in [-0.2, 0) is 4.79 Å². The maximum absolute atomic E-state index is 10.8. The van der Waals surface area contributed by atoms with Gasteiger partial charge in [-0.2, -0.15) is 0 Å². The van der Waals surface area contributed by atoms with Crippen molar-refractivity contribution in [1.82, 2.24) is 0 Å². The molecule has 1 N–H and O–H groups in total. The van der Waals surface area contributed by atoms with Crippen LogP contribution in [0, 0.1) is 0 Å². The van der Waals surface area contributed by atoms with Gasteiger partial charge in [-0.05, 0) is 18.4 Å². The van der Waals surface area contributed by atoms with Gasteiger partial charge in [0.25, 0.3) is 0 Å². The molecule has 0 heterocycles. The molecule has 11 heavy (non-hydrogen) atoms. The van der Waals surface area contributed by atoms with Gasteiger partial charge in [0, 0.05) is 11.3 Å². The lowest BCUT2D eigenvalue weighted by Gasteiger charge is -2.21. The van der Waals surface area contributed by atoms with Crippen LogP contribution in [0.2, 0.25) is 0 Å². The van der Waals surface area contributed by atoms with E-state index in [1.165, 1.54) is 0 Å². The topological polar surface area (TPSA) is 86.1 Å². The second-order valence-electron chi connectivity index (χ2n) is 2.58. The van der Waals surface area contributed by atoms with Crippen molar-refractivity contribution < 1.29 is 9.90 Å². The van der Waals surface area contributed by atoms with E-state index in [0.717, 1.165) is 0 Å². The van der Waals surface area contributed by atoms with Crippen molar-refractivity contribution in [2.24, 2.45) is 5.11 Å². The zero-order valence-electron chi connectivity index (χ0n) is 5.97. The van der Waals surface area contributed by atoms with Crippen molar-refractivity contribution in [1.29, 1.82) is 0 Å². The third-order valence-electron chi connectivity index (χ3n) is 1.82. The smallest absolute Gasteiger partial charge is 0.161 e. The minimum absolute atomic E-state index is 0.214. The highest BCUT2D eigenvalue weighted by molar-refractivity contribution is 5.84. The van der Waals surface area contributed by atoms with Crippen LogP contribution in [0.4, 0.5) is 0 Å². The van der Waals surface area contributed by atoms with Crippen molar-refractivity contribution >= 4 is 5.78 Å². The van der Waals surface area contributed by atoms with Crippen molar-refractivity contribution in [3.05, 3.63) is 10.4 Å². The first kappa shape index (κ1) is 8.04. The molecule has 2 atom stereocenters. The second kappa shape index (κ2) is 3.37. The highest BCUT2D eigenvalue weighted by Gasteiger charge is 2.28. The summed E-state index contributed by atoms with van der Waals surface area (Å²) in [5, 5.41) is 12.5. The molecule has 1 aliphatic carbocycles. The van der Waals surface area contributed by atoms with Gasteiger partial charge >= 0.3 is 0 Å². The third kappa shape index (κ3) is 1.69. The fourth-order valence-corrected chi connectivity index (χ4v) is 1.19. The van der Waals surface area contributed by atoms with Crippen LogP contribution in [0.5, 0.6) is 0 Å². The standard InChI is InChI=1S/C6H9N3O2/c7-9-8-4-2-1-3-5(10)6(4)11/h4,6,11H,1-3H2/t4-,6-/m1/s1. The number of nitrogens with zero attached hydrogens (tertiary/aromatic N) is 3. The maximum atomic E-state index is 10.8. The Morgan fingerprint density at radius 2 is 2.45 bits per heavy atom. The van der Waals surface area contributed by atoms with Gasteiger partial charge in [-0.25, -0.2) is 0 Å². The number of carbonyl (C=O) groups excluding carboxylic acids is 1. The van der Waals surface area contributed by atoms with Gasteiger partial charge in [-0.1, -0.05) is 5.11 Å². The first-order chi connectivity index (χ1) is 5.25. The Kier molecular flexibility index (Phi) is 2.46. The van der Waals surface area contributed by atoms with E-state index in [1.807, 2.05) is 0 Å². The summed E-state index contributed by atoms with van der Waals surface area (Å²) in [4.78, 5) is 13.4. The molecule has 0 aromatic heterocycles. The monoisotopic (exact) mass is 155 g/mol. The second-order valence-corrected chi connectivity index (χ2v) is 2.58. The molecule has 0 aliphatic heterocycles. The highest BCUT2D eigenvalue weighted by Crippen LogP contribution is 2.18. The average molecular weight is 155 g/mol. The van der Waals surface area contributed by atoms with Crippen LogP contribution in [0.3, 0.4) is 0 Å². The fourth-order valence-electron chi connectivity index (χ4n) is 1.19. The molecule has 0 aromatic carbocycles. The molecule has 1 saturated carbocycles. The van der Waals surface area contributed by atoms with Crippen LogP contribution in [0.25, 0.3) is 10.4 Å². The van der Waals surface area contributed by atoms with Crippen LogP contribution in [0.15, 0.2) is 5.11 Å². The van der Waals surface area contributed by atoms with E-state index >= 15 is 0 Å². The van der Waals surface area contributed by atoms with Gasteiger partial charge in [0.05, 0.1) is 6.04 Å². The van der Waals surface area contributed by atoms with Crippen LogP contribution in [0.1, 0.15) is 19.3 Å². The average Bonchev–Trinajstić information content (AvgIpc) is 1.99. The molecule has 60 valence electrons.